The molecule has 7 heteroatoms. The number of para-hydroxylation sites is 1. The minimum Gasteiger partial charge on any atom is -0.346 e. The van der Waals surface area contributed by atoms with Gasteiger partial charge in [0.05, 0.1) is 18.2 Å². The van der Waals surface area contributed by atoms with Gasteiger partial charge < -0.3 is 4.57 Å². The molecule has 1 N–H and O–H groups in total. The number of benzene rings is 2. The van der Waals surface area contributed by atoms with Crippen molar-refractivity contribution in [1.29, 1.82) is 5.26 Å². The van der Waals surface area contributed by atoms with Crippen molar-refractivity contribution in [1.82, 2.24) is 14.5 Å². The molecule has 1 aliphatic heterocycles. The summed E-state index contributed by atoms with van der Waals surface area (Å²) in [5.41, 5.74) is 4.42. The molecule has 0 aliphatic carbocycles. The standard InChI is InChI=1S/C27H25N5OS/c28-14-6-15-32-18-21(22-9-4-5-10-24(22)32)11-12-26(33)30-27-29-23-13-16-31(19-25(23)34-27)17-20-7-2-1-3-8-20/h1-5,7-12,18H,6,13,15-17,19H2,(H,29,30,33)/b12-11+. The van der Waals surface area contributed by atoms with E-state index in [9.17, 15) is 4.79 Å². The van der Waals surface area contributed by atoms with E-state index in [1.165, 1.54) is 10.4 Å². The van der Waals surface area contributed by atoms with Crippen LogP contribution in [0.15, 0.2) is 66.9 Å². The van der Waals surface area contributed by atoms with Gasteiger partial charge in [0, 0.05) is 66.2 Å². The highest BCUT2D eigenvalue weighted by Crippen LogP contribution is 2.29. The van der Waals surface area contributed by atoms with E-state index in [2.05, 4.69) is 50.1 Å². The minimum atomic E-state index is -0.193. The van der Waals surface area contributed by atoms with Gasteiger partial charge in [0.1, 0.15) is 0 Å². The molecule has 1 aliphatic rings. The summed E-state index contributed by atoms with van der Waals surface area (Å²) >= 11 is 1.56. The Kier molecular flexibility index (Phi) is 6.52. The molecule has 1 amide bonds. The molecule has 0 spiro atoms. The highest BCUT2D eigenvalue weighted by molar-refractivity contribution is 7.15. The van der Waals surface area contributed by atoms with Crippen LogP contribution >= 0.6 is 11.3 Å². The second-order valence-corrected chi connectivity index (χ2v) is 9.44. The van der Waals surface area contributed by atoms with Crippen LogP contribution in [0.5, 0.6) is 0 Å². The number of thiazole rings is 1. The minimum absolute atomic E-state index is 0.193. The van der Waals surface area contributed by atoms with Crippen LogP contribution in [0.1, 0.15) is 28.1 Å². The molecule has 0 saturated heterocycles. The Bertz CT molecular complexity index is 1380. The van der Waals surface area contributed by atoms with Gasteiger partial charge in [-0.3, -0.25) is 15.0 Å². The van der Waals surface area contributed by atoms with Crippen LogP contribution < -0.4 is 5.32 Å². The fourth-order valence-electron chi connectivity index (χ4n) is 4.35. The summed E-state index contributed by atoms with van der Waals surface area (Å²) in [7, 11) is 0. The summed E-state index contributed by atoms with van der Waals surface area (Å²) in [6.07, 6.45) is 6.72. The molecule has 170 valence electrons. The largest absolute Gasteiger partial charge is 0.346 e. The highest BCUT2D eigenvalue weighted by atomic mass is 32.1. The van der Waals surface area contributed by atoms with Crippen LogP contribution in [0.25, 0.3) is 17.0 Å². The summed E-state index contributed by atoms with van der Waals surface area (Å²) in [6.45, 7) is 3.37. The van der Waals surface area contributed by atoms with Crippen molar-refractivity contribution in [3.8, 4) is 6.07 Å². The van der Waals surface area contributed by atoms with Gasteiger partial charge in [-0.05, 0) is 17.7 Å². The van der Waals surface area contributed by atoms with Gasteiger partial charge in [-0.15, -0.1) is 11.3 Å². The first-order valence-corrected chi connectivity index (χ1v) is 12.2. The predicted molar refractivity (Wildman–Crippen MR) is 136 cm³/mol. The molecule has 4 aromatic rings. The number of carbonyl (C=O) groups excluding carboxylic acids is 1. The Morgan fingerprint density at radius 3 is 2.85 bits per heavy atom. The number of aromatic nitrogens is 2. The topological polar surface area (TPSA) is 74.0 Å². The Morgan fingerprint density at radius 1 is 1.18 bits per heavy atom. The average molecular weight is 468 g/mol. The molecule has 0 radical (unpaired) electrons. The zero-order chi connectivity index (χ0) is 23.3. The molecule has 2 aromatic carbocycles. The maximum Gasteiger partial charge on any atom is 0.250 e. The van der Waals surface area contributed by atoms with Crippen LogP contribution in [-0.4, -0.2) is 26.9 Å². The Labute approximate surface area is 202 Å². The molecular weight excluding hydrogens is 442 g/mol. The first kappa shape index (κ1) is 22.1. The Morgan fingerprint density at radius 2 is 2.00 bits per heavy atom. The van der Waals surface area contributed by atoms with Gasteiger partial charge in [0.25, 0.3) is 0 Å². The highest BCUT2D eigenvalue weighted by Gasteiger charge is 2.21. The normalized spacial score (nSPS) is 13.7. The number of hydrogen-bond donors (Lipinski definition) is 1. The monoisotopic (exact) mass is 467 g/mol. The maximum atomic E-state index is 12.6. The quantitative estimate of drug-likeness (QED) is 0.378. The molecule has 5 rings (SSSR count). The first-order valence-electron chi connectivity index (χ1n) is 11.4. The number of amides is 1. The van der Waals surface area contributed by atoms with E-state index in [1.54, 1.807) is 17.4 Å². The SMILES string of the molecule is N#CCCn1cc(/C=C/C(=O)Nc2nc3c(s2)CN(Cc2ccccc2)CC3)c2ccccc21. The Balaban J connectivity index is 1.24. The van der Waals surface area contributed by atoms with Gasteiger partial charge in [-0.1, -0.05) is 48.5 Å². The fraction of sp³-hybridized carbons (Fsp3) is 0.222. The molecule has 0 fully saturated rings. The smallest absolute Gasteiger partial charge is 0.250 e. The third-order valence-corrected chi connectivity index (χ3v) is 6.99. The van der Waals surface area contributed by atoms with Crippen LogP contribution in [0.4, 0.5) is 5.13 Å². The van der Waals surface area contributed by atoms with E-state index < -0.39 is 0 Å². The summed E-state index contributed by atoms with van der Waals surface area (Å²) in [4.78, 5) is 20.9. The number of rotatable bonds is 7. The number of nitrogens with zero attached hydrogens (tertiary/aromatic N) is 4. The summed E-state index contributed by atoms with van der Waals surface area (Å²) in [5.74, 6) is -0.193. The fourth-order valence-corrected chi connectivity index (χ4v) is 5.41. The van der Waals surface area contributed by atoms with Gasteiger partial charge in [0.15, 0.2) is 5.13 Å². The number of carbonyl (C=O) groups is 1. The zero-order valence-electron chi connectivity index (χ0n) is 18.8. The number of anilines is 1. The lowest BCUT2D eigenvalue weighted by Crippen LogP contribution is -2.29. The van der Waals surface area contributed by atoms with E-state index in [0.29, 0.717) is 18.1 Å². The second kappa shape index (κ2) is 10.0. The van der Waals surface area contributed by atoms with Crippen molar-refractivity contribution >= 4 is 39.4 Å². The summed E-state index contributed by atoms with van der Waals surface area (Å²) < 4.78 is 2.06. The zero-order valence-corrected chi connectivity index (χ0v) is 19.6. The first-order chi connectivity index (χ1) is 16.7. The van der Waals surface area contributed by atoms with E-state index in [1.807, 2.05) is 42.6 Å². The number of hydrogen-bond acceptors (Lipinski definition) is 5. The Hall–Kier alpha value is -3.73. The molecular formula is C27H25N5OS. The predicted octanol–water partition coefficient (Wildman–Crippen LogP) is 5.22. The third kappa shape index (κ3) is 4.93. The van der Waals surface area contributed by atoms with Crippen molar-refractivity contribution in [2.24, 2.45) is 0 Å². The number of aryl methyl sites for hydroxylation is 1. The van der Waals surface area contributed by atoms with E-state index >= 15 is 0 Å². The summed E-state index contributed by atoms with van der Waals surface area (Å²) in [6, 6.07) is 20.7. The molecule has 0 saturated carbocycles. The molecule has 0 unspecified atom stereocenters. The summed E-state index contributed by atoms with van der Waals surface area (Å²) in [5, 5.41) is 13.6. The second-order valence-electron chi connectivity index (χ2n) is 8.36. The van der Waals surface area contributed by atoms with Crippen LogP contribution in [0, 0.1) is 11.3 Å². The van der Waals surface area contributed by atoms with Gasteiger partial charge >= 0.3 is 0 Å². The lowest BCUT2D eigenvalue weighted by molar-refractivity contribution is -0.111. The molecule has 2 aromatic heterocycles. The van der Waals surface area contributed by atoms with Gasteiger partial charge in [-0.25, -0.2) is 4.98 Å². The third-order valence-electron chi connectivity index (χ3n) is 5.99. The van der Waals surface area contributed by atoms with Crippen LogP contribution in [0.2, 0.25) is 0 Å². The van der Waals surface area contributed by atoms with Gasteiger partial charge in [-0.2, -0.15) is 5.26 Å². The maximum absolute atomic E-state index is 12.6. The molecule has 3 heterocycles. The van der Waals surface area contributed by atoms with Crippen molar-refractivity contribution < 1.29 is 4.79 Å². The van der Waals surface area contributed by atoms with Crippen molar-refractivity contribution in [2.75, 3.05) is 11.9 Å². The van der Waals surface area contributed by atoms with Crippen molar-refractivity contribution in [3.05, 3.63) is 88.6 Å². The number of nitriles is 1. The van der Waals surface area contributed by atoms with Crippen molar-refractivity contribution in [3.63, 3.8) is 0 Å². The van der Waals surface area contributed by atoms with E-state index in [-0.39, 0.29) is 5.91 Å². The molecule has 0 bridgehead atoms. The van der Waals surface area contributed by atoms with E-state index in [4.69, 9.17) is 5.26 Å². The average Bonchev–Trinajstić information content (AvgIpc) is 3.42. The number of nitrogens with one attached hydrogen (secondary N) is 1. The molecule has 0 atom stereocenters. The number of fused-ring (bicyclic) bond motifs is 2. The lowest BCUT2D eigenvalue weighted by atomic mass is 10.1. The molecule has 6 nitrogen and oxygen atoms in total. The lowest BCUT2D eigenvalue weighted by Gasteiger charge is -2.25. The van der Waals surface area contributed by atoms with Crippen molar-refractivity contribution in [2.45, 2.75) is 32.5 Å². The van der Waals surface area contributed by atoms with E-state index in [0.717, 1.165) is 48.2 Å². The van der Waals surface area contributed by atoms with Crippen LogP contribution in [-0.2, 0) is 30.8 Å². The molecule has 34 heavy (non-hydrogen) atoms. The van der Waals surface area contributed by atoms with Gasteiger partial charge in [0.2, 0.25) is 5.91 Å². The van der Waals surface area contributed by atoms with Crippen LogP contribution in [0.3, 0.4) is 0 Å².